The molecule has 0 aromatic carbocycles. The van der Waals surface area contributed by atoms with Crippen LogP contribution in [0.15, 0.2) is 12.7 Å². The van der Waals surface area contributed by atoms with Gasteiger partial charge in [-0.05, 0) is 20.3 Å². The van der Waals surface area contributed by atoms with Crippen molar-refractivity contribution >= 4 is 24.8 Å². The number of aromatic nitrogens is 4. The number of rotatable bonds is 4. The van der Waals surface area contributed by atoms with E-state index in [0.717, 1.165) is 0 Å². The van der Waals surface area contributed by atoms with Crippen LogP contribution in [0.1, 0.15) is 26.5 Å². The van der Waals surface area contributed by atoms with Gasteiger partial charge in [0.25, 0.3) is 0 Å². The molecule has 28 heavy (non-hydrogen) atoms. The SMILES string of the molecule is C[C@@H]1CCOP(=O)(OC[C@H]2O[C@@H](n3cnc4c(N)ncnc43)[C@](C)(O)[C@@H]2O)O1. The summed E-state index contributed by atoms with van der Waals surface area (Å²) in [5, 5.41) is 21.4. The third-order valence-electron chi connectivity index (χ3n) is 4.87. The van der Waals surface area contributed by atoms with E-state index in [-0.39, 0.29) is 25.1 Å². The Kier molecular flexibility index (Phi) is 4.91. The van der Waals surface area contributed by atoms with Crippen molar-refractivity contribution in [3.63, 3.8) is 0 Å². The fourth-order valence-corrected chi connectivity index (χ4v) is 4.69. The Balaban J connectivity index is 1.54. The first-order valence-electron chi connectivity index (χ1n) is 8.78. The highest BCUT2D eigenvalue weighted by molar-refractivity contribution is 7.48. The quantitative estimate of drug-likeness (QED) is 0.591. The third-order valence-corrected chi connectivity index (χ3v) is 6.46. The summed E-state index contributed by atoms with van der Waals surface area (Å²) in [6, 6.07) is 0. The molecule has 0 bridgehead atoms. The van der Waals surface area contributed by atoms with E-state index in [1.54, 1.807) is 6.92 Å². The number of nitrogens with two attached hydrogens (primary N) is 1. The number of nitrogen functional groups attached to an aromatic ring is 1. The van der Waals surface area contributed by atoms with Crippen LogP contribution in [0.25, 0.3) is 11.2 Å². The molecule has 0 aliphatic carbocycles. The van der Waals surface area contributed by atoms with Crippen LogP contribution >= 0.6 is 7.82 Å². The summed E-state index contributed by atoms with van der Waals surface area (Å²) < 4.78 is 35.4. The zero-order chi connectivity index (χ0) is 20.1. The molecule has 13 heteroatoms. The zero-order valence-corrected chi connectivity index (χ0v) is 16.2. The molecule has 2 aromatic rings. The van der Waals surface area contributed by atoms with Gasteiger partial charge in [0.05, 0.1) is 25.6 Å². The van der Waals surface area contributed by atoms with Crippen molar-refractivity contribution in [1.29, 1.82) is 0 Å². The maximum Gasteiger partial charge on any atom is 0.475 e. The van der Waals surface area contributed by atoms with Gasteiger partial charge in [0.15, 0.2) is 17.7 Å². The zero-order valence-electron chi connectivity index (χ0n) is 15.3. The van der Waals surface area contributed by atoms with Crippen LogP contribution in [0.3, 0.4) is 0 Å². The van der Waals surface area contributed by atoms with Crippen molar-refractivity contribution in [2.45, 2.75) is 50.4 Å². The topological polar surface area (TPSA) is 164 Å². The summed E-state index contributed by atoms with van der Waals surface area (Å²) in [5.74, 6) is 0.181. The molecule has 2 aliphatic rings. The Bertz CT molecular complexity index is 921. The summed E-state index contributed by atoms with van der Waals surface area (Å²) >= 11 is 0. The Morgan fingerprint density at radius 1 is 1.46 bits per heavy atom. The number of fused-ring (bicyclic) bond motifs is 1. The predicted octanol–water partition coefficient (Wildman–Crippen LogP) is 0.368. The van der Waals surface area contributed by atoms with Crippen molar-refractivity contribution in [2.75, 3.05) is 18.9 Å². The molecular weight excluding hydrogens is 393 g/mol. The van der Waals surface area contributed by atoms with E-state index in [1.807, 2.05) is 0 Å². The van der Waals surface area contributed by atoms with Crippen molar-refractivity contribution in [3.8, 4) is 0 Å². The fourth-order valence-electron chi connectivity index (χ4n) is 3.29. The van der Waals surface area contributed by atoms with E-state index in [4.69, 9.17) is 24.0 Å². The number of hydrogen-bond acceptors (Lipinski definition) is 11. The average Bonchev–Trinajstić information content (AvgIpc) is 3.14. The molecule has 2 saturated heterocycles. The number of ether oxygens (including phenoxy) is 1. The van der Waals surface area contributed by atoms with Gasteiger partial charge >= 0.3 is 7.82 Å². The minimum absolute atomic E-state index is 0.181. The summed E-state index contributed by atoms with van der Waals surface area (Å²) in [5.41, 5.74) is 4.76. The first-order valence-corrected chi connectivity index (χ1v) is 10.2. The van der Waals surface area contributed by atoms with Gasteiger partial charge in [-0.15, -0.1) is 0 Å². The molecule has 154 valence electrons. The van der Waals surface area contributed by atoms with Gasteiger partial charge in [-0.25, -0.2) is 19.5 Å². The van der Waals surface area contributed by atoms with Crippen LogP contribution in [0.5, 0.6) is 0 Å². The summed E-state index contributed by atoms with van der Waals surface area (Å²) in [7, 11) is -3.74. The van der Waals surface area contributed by atoms with E-state index >= 15 is 0 Å². The number of aliphatic hydroxyl groups excluding tert-OH is 1. The Morgan fingerprint density at radius 2 is 2.25 bits per heavy atom. The Morgan fingerprint density at radius 3 is 3.00 bits per heavy atom. The molecule has 2 fully saturated rings. The van der Waals surface area contributed by atoms with Crippen molar-refractivity contribution in [2.24, 2.45) is 0 Å². The highest BCUT2D eigenvalue weighted by Gasteiger charge is 2.54. The van der Waals surface area contributed by atoms with Gasteiger partial charge in [0.2, 0.25) is 0 Å². The maximum atomic E-state index is 12.5. The highest BCUT2D eigenvalue weighted by Crippen LogP contribution is 2.54. The van der Waals surface area contributed by atoms with Crippen LogP contribution in [0.2, 0.25) is 0 Å². The molecule has 2 aliphatic heterocycles. The summed E-state index contributed by atoms with van der Waals surface area (Å²) in [4.78, 5) is 12.1. The van der Waals surface area contributed by atoms with Gasteiger partial charge in [-0.1, -0.05) is 0 Å². The number of nitrogens with zero attached hydrogens (tertiary/aromatic N) is 4. The molecule has 2 aromatic heterocycles. The van der Waals surface area contributed by atoms with Gasteiger partial charge in [0, 0.05) is 0 Å². The molecular formula is C15H22N5O7P. The van der Waals surface area contributed by atoms with Crippen LogP contribution in [-0.4, -0.2) is 66.9 Å². The van der Waals surface area contributed by atoms with Crippen LogP contribution in [0.4, 0.5) is 5.82 Å². The Hall–Kier alpha value is -1.66. The number of aliphatic hydroxyl groups is 2. The lowest BCUT2D eigenvalue weighted by Crippen LogP contribution is -2.44. The lowest BCUT2D eigenvalue weighted by atomic mass is 9.96. The largest absolute Gasteiger partial charge is 0.475 e. The lowest BCUT2D eigenvalue weighted by Gasteiger charge is -2.28. The summed E-state index contributed by atoms with van der Waals surface area (Å²) in [6.45, 7) is 3.12. The average molecular weight is 415 g/mol. The van der Waals surface area contributed by atoms with Crippen molar-refractivity contribution in [1.82, 2.24) is 19.5 Å². The summed E-state index contributed by atoms with van der Waals surface area (Å²) in [6.07, 6.45) is -0.389. The van der Waals surface area contributed by atoms with E-state index in [1.165, 1.54) is 24.1 Å². The maximum absolute atomic E-state index is 12.5. The monoisotopic (exact) mass is 415 g/mol. The number of imidazole rings is 1. The van der Waals surface area contributed by atoms with E-state index in [0.29, 0.717) is 17.6 Å². The number of phosphoric ester groups is 1. The molecule has 4 N–H and O–H groups in total. The van der Waals surface area contributed by atoms with E-state index in [9.17, 15) is 14.8 Å². The van der Waals surface area contributed by atoms with Gasteiger partial charge in [0.1, 0.15) is 29.7 Å². The second kappa shape index (κ2) is 6.99. The third kappa shape index (κ3) is 3.30. The standard InChI is InChI=1S/C15H22N5O7P/c1-8-3-4-24-28(23,27-8)25-5-9-11(21)15(2,22)14(26-9)20-7-19-10-12(16)17-6-18-13(10)20/h6-9,11,14,21-22H,3-5H2,1-2H3,(H2,16,17,18)/t8-,9-,11-,14-,15-,28?/m1/s1. The van der Waals surface area contributed by atoms with Gasteiger partial charge in [-0.2, -0.15) is 0 Å². The minimum Gasteiger partial charge on any atom is -0.387 e. The van der Waals surface area contributed by atoms with Gasteiger partial charge in [-0.3, -0.25) is 18.1 Å². The molecule has 4 heterocycles. The molecule has 0 radical (unpaired) electrons. The predicted molar refractivity (Wildman–Crippen MR) is 95.0 cm³/mol. The second-order valence-electron chi connectivity index (χ2n) is 7.06. The molecule has 0 spiro atoms. The molecule has 0 saturated carbocycles. The first kappa shape index (κ1) is 19.6. The Labute approximate surface area is 160 Å². The lowest BCUT2D eigenvalue weighted by molar-refractivity contribution is -0.0952. The van der Waals surface area contributed by atoms with Crippen LogP contribution in [0, 0.1) is 0 Å². The number of hydrogen-bond donors (Lipinski definition) is 3. The fraction of sp³-hybridized carbons (Fsp3) is 0.667. The number of phosphoric acid groups is 1. The van der Waals surface area contributed by atoms with Crippen molar-refractivity contribution < 1.29 is 33.1 Å². The minimum atomic E-state index is -3.74. The van der Waals surface area contributed by atoms with Gasteiger partial charge < -0.3 is 20.7 Å². The van der Waals surface area contributed by atoms with Crippen molar-refractivity contribution in [3.05, 3.63) is 12.7 Å². The highest BCUT2D eigenvalue weighted by atomic mass is 31.2. The van der Waals surface area contributed by atoms with Crippen LogP contribution < -0.4 is 5.73 Å². The van der Waals surface area contributed by atoms with E-state index < -0.39 is 31.9 Å². The molecule has 12 nitrogen and oxygen atoms in total. The number of anilines is 1. The molecule has 4 rings (SSSR count). The van der Waals surface area contributed by atoms with Crippen LogP contribution in [-0.2, 0) is 22.9 Å². The smallest absolute Gasteiger partial charge is 0.387 e. The molecule has 0 amide bonds. The first-order chi connectivity index (χ1) is 13.2. The van der Waals surface area contributed by atoms with E-state index in [2.05, 4.69) is 15.0 Å². The molecule has 1 unspecified atom stereocenters. The normalized spacial score (nSPS) is 38.9. The molecule has 6 atom stereocenters. The second-order valence-corrected chi connectivity index (χ2v) is 8.68.